The zero-order valence-corrected chi connectivity index (χ0v) is 9.26. The smallest absolute Gasteiger partial charge is 0.248 e. The van der Waals surface area contributed by atoms with E-state index in [2.05, 4.69) is 25.2 Å². The molecule has 0 radical (unpaired) electrons. The summed E-state index contributed by atoms with van der Waals surface area (Å²) in [6.07, 6.45) is 7.96. The molecule has 3 aromatic heterocycles. The van der Waals surface area contributed by atoms with Gasteiger partial charge in [0.05, 0.1) is 18.1 Å². The monoisotopic (exact) mass is 243 g/mol. The molecule has 0 saturated heterocycles. The van der Waals surface area contributed by atoms with Crippen LogP contribution in [0.5, 0.6) is 0 Å². The highest BCUT2D eigenvalue weighted by atomic mass is 16.5. The van der Waals surface area contributed by atoms with Crippen molar-refractivity contribution >= 4 is 5.69 Å². The van der Waals surface area contributed by atoms with Crippen LogP contribution in [0.25, 0.3) is 11.5 Å². The third-order valence-corrected chi connectivity index (χ3v) is 2.21. The highest BCUT2D eigenvalue weighted by Crippen LogP contribution is 2.11. The van der Waals surface area contributed by atoms with E-state index in [1.54, 1.807) is 35.7 Å². The summed E-state index contributed by atoms with van der Waals surface area (Å²) in [5.41, 5.74) is 6.71. The van der Waals surface area contributed by atoms with Crippen molar-refractivity contribution in [3.63, 3.8) is 0 Å². The van der Waals surface area contributed by atoms with Crippen molar-refractivity contribution < 1.29 is 4.52 Å². The Hall–Kier alpha value is -2.77. The van der Waals surface area contributed by atoms with Crippen LogP contribution in [0.4, 0.5) is 5.69 Å². The van der Waals surface area contributed by atoms with E-state index < -0.39 is 0 Å². The van der Waals surface area contributed by atoms with E-state index in [1.165, 1.54) is 0 Å². The Morgan fingerprint density at radius 1 is 1.28 bits per heavy atom. The van der Waals surface area contributed by atoms with Gasteiger partial charge in [-0.2, -0.15) is 10.1 Å². The lowest BCUT2D eigenvalue weighted by molar-refractivity contribution is 0.366. The van der Waals surface area contributed by atoms with Gasteiger partial charge in [0.15, 0.2) is 0 Å². The summed E-state index contributed by atoms with van der Waals surface area (Å²) in [6.45, 7) is 0.366. The van der Waals surface area contributed by atoms with Crippen molar-refractivity contribution in [2.75, 3.05) is 5.73 Å². The largest absolute Gasteiger partial charge is 0.396 e. The molecular formula is C10H9N7O. The average molecular weight is 243 g/mol. The Balaban J connectivity index is 1.82. The molecule has 0 atom stereocenters. The summed E-state index contributed by atoms with van der Waals surface area (Å²) in [4.78, 5) is 12.2. The van der Waals surface area contributed by atoms with Crippen LogP contribution in [0.15, 0.2) is 35.5 Å². The first-order chi connectivity index (χ1) is 8.81. The lowest BCUT2D eigenvalue weighted by Gasteiger charge is -1.93. The fraction of sp³-hybridized carbons (Fsp3) is 0.100. The zero-order valence-electron chi connectivity index (χ0n) is 9.26. The molecule has 0 bridgehead atoms. The molecular weight excluding hydrogens is 234 g/mol. The minimum Gasteiger partial charge on any atom is -0.396 e. The first-order valence-electron chi connectivity index (χ1n) is 5.18. The second-order valence-corrected chi connectivity index (χ2v) is 3.57. The van der Waals surface area contributed by atoms with Crippen molar-refractivity contribution in [1.82, 2.24) is 29.9 Å². The molecule has 0 aliphatic heterocycles. The first kappa shape index (κ1) is 10.4. The van der Waals surface area contributed by atoms with E-state index in [0.717, 1.165) is 0 Å². The van der Waals surface area contributed by atoms with Crippen LogP contribution >= 0.6 is 0 Å². The fourth-order valence-corrected chi connectivity index (χ4v) is 1.44. The lowest BCUT2D eigenvalue weighted by Crippen LogP contribution is -2.00. The van der Waals surface area contributed by atoms with Crippen molar-refractivity contribution in [2.24, 2.45) is 0 Å². The number of hydrogen-bond acceptors (Lipinski definition) is 7. The predicted octanol–water partition coefficient (Wildman–Crippen LogP) is 0.354. The summed E-state index contributed by atoms with van der Waals surface area (Å²) in [6, 6.07) is 0. The van der Waals surface area contributed by atoms with E-state index in [0.29, 0.717) is 29.6 Å². The summed E-state index contributed by atoms with van der Waals surface area (Å²) in [5.74, 6) is 0.831. The maximum absolute atomic E-state index is 5.56. The van der Waals surface area contributed by atoms with Gasteiger partial charge in [0.2, 0.25) is 11.7 Å². The van der Waals surface area contributed by atoms with Crippen molar-refractivity contribution in [3.8, 4) is 11.5 Å². The van der Waals surface area contributed by atoms with Gasteiger partial charge in [-0.3, -0.25) is 9.67 Å². The second kappa shape index (κ2) is 4.24. The number of anilines is 1. The SMILES string of the molecule is Nc1cnn(Cc2nc(-c3cnccn3)no2)c1. The predicted molar refractivity (Wildman–Crippen MR) is 61.1 cm³/mol. The second-order valence-electron chi connectivity index (χ2n) is 3.57. The molecule has 90 valence electrons. The summed E-state index contributed by atoms with van der Waals surface area (Å²) < 4.78 is 6.72. The number of hydrogen-bond donors (Lipinski definition) is 1. The number of nitrogens with two attached hydrogens (primary N) is 1. The van der Waals surface area contributed by atoms with Crippen LogP contribution in [0.2, 0.25) is 0 Å². The Bertz CT molecular complexity index is 645. The van der Waals surface area contributed by atoms with Crippen molar-refractivity contribution in [3.05, 3.63) is 36.9 Å². The van der Waals surface area contributed by atoms with Crippen LogP contribution in [0.1, 0.15) is 5.89 Å². The number of nitrogens with zero attached hydrogens (tertiary/aromatic N) is 6. The van der Waals surface area contributed by atoms with Gasteiger partial charge in [-0.05, 0) is 0 Å². The average Bonchev–Trinajstić information content (AvgIpc) is 3.01. The maximum Gasteiger partial charge on any atom is 0.248 e. The minimum atomic E-state index is 0.366. The summed E-state index contributed by atoms with van der Waals surface area (Å²) in [7, 11) is 0. The molecule has 0 aromatic carbocycles. The molecule has 0 fully saturated rings. The van der Waals surface area contributed by atoms with Crippen molar-refractivity contribution in [2.45, 2.75) is 6.54 Å². The quantitative estimate of drug-likeness (QED) is 0.707. The van der Waals surface area contributed by atoms with Gasteiger partial charge < -0.3 is 10.3 Å². The zero-order chi connectivity index (χ0) is 12.4. The van der Waals surface area contributed by atoms with E-state index in [1.807, 2.05) is 0 Å². The van der Waals surface area contributed by atoms with Crippen LogP contribution in [-0.2, 0) is 6.54 Å². The third kappa shape index (κ3) is 2.03. The number of aromatic nitrogens is 6. The first-order valence-corrected chi connectivity index (χ1v) is 5.18. The Kier molecular flexibility index (Phi) is 2.45. The minimum absolute atomic E-state index is 0.366. The Labute approximate surface area is 101 Å². The van der Waals surface area contributed by atoms with Crippen LogP contribution < -0.4 is 5.73 Å². The van der Waals surface area contributed by atoms with Gasteiger partial charge in [0.25, 0.3) is 0 Å². The molecule has 8 heteroatoms. The lowest BCUT2D eigenvalue weighted by atomic mass is 10.4. The molecule has 0 saturated carbocycles. The molecule has 3 aromatic rings. The molecule has 18 heavy (non-hydrogen) atoms. The molecule has 0 aliphatic rings. The van der Waals surface area contributed by atoms with E-state index in [9.17, 15) is 0 Å². The van der Waals surface area contributed by atoms with E-state index in [4.69, 9.17) is 10.3 Å². The topological polar surface area (TPSA) is 109 Å². The molecule has 0 amide bonds. The molecule has 3 heterocycles. The van der Waals surface area contributed by atoms with Gasteiger partial charge in [-0.25, -0.2) is 4.98 Å². The molecule has 2 N–H and O–H groups in total. The number of nitrogen functional groups attached to an aromatic ring is 1. The highest BCUT2D eigenvalue weighted by molar-refractivity contribution is 5.45. The van der Waals surface area contributed by atoms with Crippen molar-refractivity contribution in [1.29, 1.82) is 0 Å². The Morgan fingerprint density at radius 3 is 2.94 bits per heavy atom. The van der Waals surface area contributed by atoms with Crippen LogP contribution in [0, 0.1) is 0 Å². The van der Waals surface area contributed by atoms with Crippen LogP contribution in [0.3, 0.4) is 0 Å². The molecule has 0 unspecified atom stereocenters. The molecule has 3 rings (SSSR count). The molecule has 8 nitrogen and oxygen atoms in total. The normalized spacial score (nSPS) is 10.7. The summed E-state index contributed by atoms with van der Waals surface area (Å²) >= 11 is 0. The van der Waals surface area contributed by atoms with Gasteiger partial charge in [0, 0.05) is 18.6 Å². The van der Waals surface area contributed by atoms with Gasteiger partial charge in [-0.1, -0.05) is 5.16 Å². The fourth-order valence-electron chi connectivity index (χ4n) is 1.44. The standard InChI is InChI=1S/C10H9N7O/c11-7-3-14-17(5-7)6-9-15-10(16-18-9)8-4-12-1-2-13-8/h1-5H,6,11H2. The van der Waals surface area contributed by atoms with E-state index in [-0.39, 0.29) is 0 Å². The van der Waals surface area contributed by atoms with E-state index >= 15 is 0 Å². The summed E-state index contributed by atoms with van der Waals surface area (Å²) in [5, 5.41) is 7.86. The highest BCUT2D eigenvalue weighted by Gasteiger charge is 2.10. The third-order valence-electron chi connectivity index (χ3n) is 2.21. The van der Waals surface area contributed by atoms with Gasteiger partial charge in [0.1, 0.15) is 12.2 Å². The number of rotatable bonds is 3. The molecule has 0 spiro atoms. The maximum atomic E-state index is 5.56. The Morgan fingerprint density at radius 2 is 2.22 bits per heavy atom. The molecule has 0 aliphatic carbocycles. The van der Waals surface area contributed by atoms with Crippen LogP contribution in [-0.4, -0.2) is 29.9 Å². The van der Waals surface area contributed by atoms with Gasteiger partial charge >= 0.3 is 0 Å². The van der Waals surface area contributed by atoms with Gasteiger partial charge in [-0.15, -0.1) is 0 Å².